The van der Waals surface area contributed by atoms with Gasteiger partial charge in [0.2, 0.25) is 0 Å². The lowest BCUT2D eigenvalue weighted by molar-refractivity contribution is 0.0644. The molecule has 0 radical (unpaired) electrons. The number of hydrogen-bond donors (Lipinski definition) is 3. The van der Waals surface area contributed by atoms with E-state index in [1.165, 1.54) is 0 Å². The maximum absolute atomic E-state index is 13.4. The molecule has 0 saturated carbocycles. The number of ether oxygens (including phenoxy) is 1. The van der Waals surface area contributed by atoms with Crippen LogP contribution in [-0.4, -0.2) is 70.5 Å². The van der Waals surface area contributed by atoms with Gasteiger partial charge < -0.3 is 20.1 Å². The number of nitrogens with one attached hydrogen (secondary N) is 2. The number of amides is 1. The minimum Gasteiger partial charge on any atom is -0.508 e. The molecule has 3 N–H and O–H groups in total. The van der Waals surface area contributed by atoms with Crippen LogP contribution in [0, 0.1) is 6.92 Å². The van der Waals surface area contributed by atoms with Gasteiger partial charge in [-0.15, -0.1) is 0 Å². The molecule has 1 unspecified atom stereocenters. The van der Waals surface area contributed by atoms with E-state index in [0.717, 1.165) is 23.2 Å². The molecule has 8 heteroatoms. The Hall–Kier alpha value is -2.97. The maximum Gasteiger partial charge on any atom is 0.254 e. The summed E-state index contributed by atoms with van der Waals surface area (Å²) in [6.07, 6.45) is 0. The lowest BCUT2D eigenvalue weighted by Crippen LogP contribution is -2.54. The summed E-state index contributed by atoms with van der Waals surface area (Å²) >= 11 is 0. The van der Waals surface area contributed by atoms with E-state index in [-0.39, 0.29) is 17.7 Å². The number of benzene rings is 1. The van der Waals surface area contributed by atoms with Crippen LogP contribution in [0.25, 0.3) is 22.3 Å². The summed E-state index contributed by atoms with van der Waals surface area (Å²) < 4.78 is 5.23. The van der Waals surface area contributed by atoms with Crippen molar-refractivity contribution in [1.29, 1.82) is 0 Å². The van der Waals surface area contributed by atoms with Gasteiger partial charge in [-0.05, 0) is 37.3 Å². The molecular weight excluding hydrogens is 358 g/mol. The molecule has 0 aliphatic carbocycles. The molecular formula is C20H23N5O3. The van der Waals surface area contributed by atoms with Crippen molar-refractivity contribution in [2.45, 2.75) is 13.0 Å². The van der Waals surface area contributed by atoms with E-state index in [1.54, 1.807) is 31.4 Å². The monoisotopic (exact) mass is 381 g/mol. The zero-order valence-corrected chi connectivity index (χ0v) is 15.9. The predicted molar refractivity (Wildman–Crippen MR) is 105 cm³/mol. The van der Waals surface area contributed by atoms with Crippen LogP contribution in [-0.2, 0) is 4.74 Å². The fourth-order valence-electron chi connectivity index (χ4n) is 3.62. The number of rotatable bonds is 4. The number of piperazine rings is 1. The minimum atomic E-state index is -0.0421. The van der Waals surface area contributed by atoms with Crippen molar-refractivity contribution in [3.63, 3.8) is 0 Å². The number of phenolic OH excluding ortho intramolecular Hbond substituents is 1. The predicted octanol–water partition coefficient (Wildman–Crippen LogP) is 1.70. The fourth-order valence-corrected chi connectivity index (χ4v) is 3.62. The Kier molecular flexibility index (Phi) is 4.97. The molecule has 4 rings (SSSR count). The zero-order valence-electron chi connectivity index (χ0n) is 15.9. The number of aromatic nitrogens is 3. The smallest absolute Gasteiger partial charge is 0.254 e. The van der Waals surface area contributed by atoms with Gasteiger partial charge in [-0.3, -0.25) is 9.89 Å². The molecule has 3 aromatic rings. The van der Waals surface area contributed by atoms with Crippen LogP contribution in [0.1, 0.15) is 16.1 Å². The van der Waals surface area contributed by atoms with Crippen LogP contribution in [0.3, 0.4) is 0 Å². The summed E-state index contributed by atoms with van der Waals surface area (Å²) in [4.78, 5) is 19.8. The third-order valence-electron chi connectivity index (χ3n) is 5.01. The van der Waals surface area contributed by atoms with Gasteiger partial charge in [0, 0.05) is 44.0 Å². The molecule has 1 aliphatic heterocycles. The largest absolute Gasteiger partial charge is 0.508 e. The molecule has 3 heterocycles. The average Bonchev–Trinajstić information content (AvgIpc) is 3.09. The number of carbonyl (C=O) groups is 1. The summed E-state index contributed by atoms with van der Waals surface area (Å²) in [5, 5.41) is 20.9. The van der Waals surface area contributed by atoms with Crippen molar-refractivity contribution in [2.24, 2.45) is 0 Å². The highest BCUT2D eigenvalue weighted by atomic mass is 16.5. The van der Waals surface area contributed by atoms with E-state index in [2.05, 4.69) is 20.5 Å². The average molecular weight is 381 g/mol. The maximum atomic E-state index is 13.4. The zero-order chi connectivity index (χ0) is 19.7. The first-order valence-electron chi connectivity index (χ1n) is 9.23. The number of nitrogens with zero attached hydrogens (tertiary/aromatic N) is 3. The number of pyridine rings is 1. The van der Waals surface area contributed by atoms with E-state index in [0.29, 0.717) is 36.6 Å². The Labute approximate surface area is 162 Å². The Balaban J connectivity index is 1.75. The lowest BCUT2D eigenvalue weighted by Gasteiger charge is -2.33. The number of aromatic hydroxyl groups is 1. The van der Waals surface area contributed by atoms with E-state index in [9.17, 15) is 9.90 Å². The van der Waals surface area contributed by atoms with Crippen molar-refractivity contribution in [2.75, 3.05) is 33.4 Å². The highest BCUT2D eigenvalue weighted by Gasteiger charge is 2.27. The molecule has 2 aromatic heterocycles. The van der Waals surface area contributed by atoms with Gasteiger partial charge in [0.05, 0.1) is 23.3 Å². The Morgan fingerprint density at radius 2 is 2.14 bits per heavy atom. The molecule has 0 bridgehead atoms. The number of H-pyrrole nitrogens is 1. The van der Waals surface area contributed by atoms with E-state index in [4.69, 9.17) is 4.74 Å². The van der Waals surface area contributed by atoms with Crippen molar-refractivity contribution in [3.05, 3.63) is 41.6 Å². The Morgan fingerprint density at radius 3 is 2.89 bits per heavy atom. The van der Waals surface area contributed by atoms with Crippen LogP contribution in [0.15, 0.2) is 30.3 Å². The number of carbonyl (C=O) groups excluding carboxylic acids is 1. The second kappa shape index (κ2) is 7.57. The third-order valence-corrected chi connectivity index (χ3v) is 5.01. The molecule has 0 spiro atoms. The molecule has 1 saturated heterocycles. The number of methoxy groups -OCH3 is 1. The molecule has 146 valence electrons. The van der Waals surface area contributed by atoms with Gasteiger partial charge in [-0.25, -0.2) is 4.98 Å². The van der Waals surface area contributed by atoms with Crippen molar-refractivity contribution >= 4 is 16.9 Å². The summed E-state index contributed by atoms with van der Waals surface area (Å²) in [5.41, 5.74) is 3.36. The topological polar surface area (TPSA) is 103 Å². The van der Waals surface area contributed by atoms with E-state index < -0.39 is 0 Å². The number of fused-ring (bicyclic) bond motifs is 1. The second-order valence-electron chi connectivity index (χ2n) is 7.01. The van der Waals surface area contributed by atoms with Gasteiger partial charge in [0.25, 0.3) is 5.91 Å². The lowest BCUT2D eigenvalue weighted by atomic mass is 10.0. The summed E-state index contributed by atoms with van der Waals surface area (Å²) in [6, 6.07) is 8.68. The first-order chi connectivity index (χ1) is 13.6. The molecule has 1 fully saturated rings. The fraction of sp³-hybridized carbons (Fsp3) is 0.350. The Morgan fingerprint density at radius 1 is 1.36 bits per heavy atom. The van der Waals surface area contributed by atoms with Crippen LogP contribution >= 0.6 is 0 Å². The summed E-state index contributed by atoms with van der Waals surface area (Å²) in [7, 11) is 1.66. The standard InChI is InChI=1S/C20H23N5O3/c1-12-18-16(20(27)25-8-7-21-14(10-25)11-28-2)9-17(22-19(18)24-23-12)13-3-5-15(26)6-4-13/h3-6,9,14,21,26H,7-8,10-11H2,1-2H3,(H,22,23,24). The van der Waals surface area contributed by atoms with Gasteiger partial charge in [0.15, 0.2) is 5.65 Å². The van der Waals surface area contributed by atoms with Gasteiger partial charge in [-0.2, -0.15) is 5.10 Å². The SMILES string of the molecule is COCC1CN(C(=O)c2cc(-c3ccc(O)cc3)nc3n[nH]c(C)c23)CCN1. The first kappa shape index (κ1) is 18.4. The normalized spacial score (nSPS) is 17.2. The highest BCUT2D eigenvalue weighted by Crippen LogP contribution is 2.28. The van der Waals surface area contributed by atoms with E-state index in [1.807, 2.05) is 17.9 Å². The number of hydrogen-bond acceptors (Lipinski definition) is 6. The van der Waals surface area contributed by atoms with Crippen molar-refractivity contribution < 1.29 is 14.6 Å². The number of phenols is 1. The highest BCUT2D eigenvalue weighted by molar-refractivity contribution is 6.07. The van der Waals surface area contributed by atoms with Crippen molar-refractivity contribution in [1.82, 2.24) is 25.4 Å². The molecule has 1 amide bonds. The van der Waals surface area contributed by atoms with Crippen LogP contribution in [0.5, 0.6) is 5.75 Å². The molecule has 1 aliphatic rings. The van der Waals surface area contributed by atoms with Gasteiger partial charge in [-0.1, -0.05) is 0 Å². The first-order valence-corrected chi connectivity index (χ1v) is 9.23. The van der Waals surface area contributed by atoms with E-state index >= 15 is 0 Å². The minimum absolute atomic E-state index is 0.0421. The molecule has 1 aromatic carbocycles. The van der Waals surface area contributed by atoms with Crippen LogP contribution in [0.4, 0.5) is 0 Å². The third kappa shape index (κ3) is 3.44. The van der Waals surface area contributed by atoms with Crippen LogP contribution < -0.4 is 5.32 Å². The van der Waals surface area contributed by atoms with Gasteiger partial charge >= 0.3 is 0 Å². The number of aryl methyl sites for hydroxylation is 1. The number of aromatic amines is 1. The Bertz CT molecular complexity index is 997. The van der Waals surface area contributed by atoms with Crippen LogP contribution in [0.2, 0.25) is 0 Å². The quantitative estimate of drug-likeness (QED) is 0.636. The molecule has 28 heavy (non-hydrogen) atoms. The summed E-state index contributed by atoms with van der Waals surface area (Å²) in [6.45, 7) is 4.39. The van der Waals surface area contributed by atoms with Gasteiger partial charge in [0.1, 0.15) is 5.75 Å². The summed E-state index contributed by atoms with van der Waals surface area (Å²) in [5.74, 6) is 0.140. The molecule has 8 nitrogen and oxygen atoms in total. The second-order valence-corrected chi connectivity index (χ2v) is 7.01. The molecule has 1 atom stereocenters. The van der Waals surface area contributed by atoms with Crippen molar-refractivity contribution in [3.8, 4) is 17.0 Å².